The highest BCUT2D eigenvalue weighted by Gasteiger charge is 2.22. The molecular weight excluding hydrogens is 477 g/mol. The molecule has 2 unspecified atom stereocenters. The number of halogens is 1. The first-order valence-electron chi connectivity index (χ1n) is 10.3. The second kappa shape index (κ2) is 11.4. The number of H-pyrrole nitrogens is 1. The lowest BCUT2D eigenvalue weighted by Crippen LogP contribution is -2.48. The lowest BCUT2D eigenvalue weighted by atomic mass is 9.86. The Labute approximate surface area is 190 Å². The molecule has 29 heavy (non-hydrogen) atoms. The highest BCUT2D eigenvalue weighted by molar-refractivity contribution is 14.0. The molecule has 160 valence electrons. The van der Waals surface area contributed by atoms with Gasteiger partial charge in [0.15, 0.2) is 5.96 Å². The van der Waals surface area contributed by atoms with Gasteiger partial charge in [-0.2, -0.15) is 0 Å². The van der Waals surface area contributed by atoms with Crippen molar-refractivity contribution in [1.82, 2.24) is 20.5 Å². The van der Waals surface area contributed by atoms with Gasteiger partial charge in [0.2, 0.25) is 5.91 Å². The van der Waals surface area contributed by atoms with Gasteiger partial charge >= 0.3 is 0 Å². The summed E-state index contributed by atoms with van der Waals surface area (Å²) >= 11 is 0. The van der Waals surface area contributed by atoms with Crippen molar-refractivity contribution in [3.8, 4) is 0 Å². The maximum absolute atomic E-state index is 12.0. The largest absolute Gasteiger partial charge is 0.361 e. The molecule has 0 spiro atoms. The molecule has 0 bridgehead atoms. The van der Waals surface area contributed by atoms with Gasteiger partial charge < -0.3 is 20.5 Å². The molecule has 1 fully saturated rings. The van der Waals surface area contributed by atoms with Crippen molar-refractivity contribution >= 4 is 46.7 Å². The number of aromatic amines is 1. The Morgan fingerprint density at radius 1 is 1.24 bits per heavy atom. The van der Waals surface area contributed by atoms with Crippen LogP contribution in [0.2, 0.25) is 0 Å². The van der Waals surface area contributed by atoms with Crippen molar-refractivity contribution in [3.63, 3.8) is 0 Å². The van der Waals surface area contributed by atoms with Crippen LogP contribution in [0.25, 0.3) is 10.9 Å². The van der Waals surface area contributed by atoms with E-state index in [1.165, 1.54) is 30.2 Å². The van der Waals surface area contributed by atoms with E-state index in [4.69, 9.17) is 0 Å². The molecule has 3 rings (SSSR count). The fourth-order valence-electron chi connectivity index (χ4n) is 3.80. The molecule has 1 aliphatic carbocycles. The molecule has 7 heteroatoms. The van der Waals surface area contributed by atoms with Gasteiger partial charge in [-0.1, -0.05) is 38.0 Å². The van der Waals surface area contributed by atoms with E-state index in [9.17, 15) is 4.79 Å². The number of rotatable bonds is 6. The van der Waals surface area contributed by atoms with Crippen molar-refractivity contribution in [1.29, 1.82) is 0 Å². The zero-order valence-electron chi connectivity index (χ0n) is 17.7. The minimum absolute atomic E-state index is 0. The number of fused-ring (bicyclic) bond motifs is 1. The number of carbonyl (C=O) groups excluding carboxylic acids is 1. The van der Waals surface area contributed by atoms with Gasteiger partial charge in [-0.3, -0.25) is 4.79 Å². The van der Waals surface area contributed by atoms with E-state index in [2.05, 4.69) is 51.9 Å². The van der Waals surface area contributed by atoms with E-state index in [0.29, 0.717) is 12.0 Å². The Hall–Kier alpha value is -1.77. The Morgan fingerprint density at radius 3 is 2.76 bits per heavy atom. The molecule has 2 atom stereocenters. The van der Waals surface area contributed by atoms with E-state index < -0.39 is 0 Å². The van der Waals surface area contributed by atoms with Crippen LogP contribution in [0.5, 0.6) is 0 Å². The lowest BCUT2D eigenvalue weighted by Gasteiger charge is -2.31. The average molecular weight is 511 g/mol. The molecular formula is C22H34IN5O. The highest BCUT2D eigenvalue weighted by Crippen LogP contribution is 2.23. The maximum Gasteiger partial charge on any atom is 0.243 e. The Morgan fingerprint density at radius 2 is 2.00 bits per heavy atom. The van der Waals surface area contributed by atoms with Gasteiger partial charge in [-0.25, -0.2) is 4.99 Å². The summed E-state index contributed by atoms with van der Waals surface area (Å²) in [4.78, 5) is 21.4. The summed E-state index contributed by atoms with van der Waals surface area (Å²) in [5, 5.41) is 8.28. The molecule has 0 radical (unpaired) electrons. The summed E-state index contributed by atoms with van der Waals surface area (Å²) in [6, 6.07) is 8.77. The summed E-state index contributed by atoms with van der Waals surface area (Å²) in [5.41, 5.74) is 2.45. The van der Waals surface area contributed by atoms with E-state index in [1.807, 2.05) is 6.07 Å². The quantitative estimate of drug-likeness (QED) is 0.316. The Bertz CT molecular complexity index is 816. The molecule has 1 saturated carbocycles. The zero-order chi connectivity index (χ0) is 19.9. The summed E-state index contributed by atoms with van der Waals surface area (Å²) < 4.78 is 0. The number of benzene rings is 1. The van der Waals surface area contributed by atoms with Crippen molar-refractivity contribution in [3.05, 3.63) is 36.0 Å². The highest BCUT2D eigenvalue weighted by atomic mass is 127. The smallest absolute Gasteiger partial charge is 0.243 e. The number of amides is 1. The van der Waals surface area contributed by atoms with Crippen LogP contribution >= 0.6 is 24.0 Å². The van der Waals surface area contributed by atoms with Crippen molar-refractivity contribution < 1.29 is 4.79 Å². The Balaban J connectivity index is 0.00000300. The van der Waals surface area contributed by atoms with Crippen molar-refractivity contribution in [2.24, 2.45) is 10.9 Å². The minimum Gasteiger partial charge on any atom is -0.361 e. The summed E-state index contributed by atoms with van der Waals surface area (Å²) in [5.74, 6) is 1.38. The van der Waals surface area contributed by atoms with Crippen LogP contribution in [0, 0.1) is 5.92 Å². The topological polar surface area (TPSA) is 72.5 Å². The Kier molecular flexibility index (Phi) is 9.26. The molecule has 1 aromatic heterocycles. The number of nitrogens with zero attached hydrogens (tertiary/aromatic N) is 2. The summed E-state index contributed by atoms with van der Waals surface area (Å²) in [6.45, 7) is 3.23. The molecule has 2 aromatic rings. The fraction of sp³-hybridized carbons (Fsp3) is 0.545. The maximum atomic E-state index is 12.0. The molecule has 6 nitrogen and oxygen atoms in total. The molecule has 1 aromatic carbocycles. The van der Waals surface area contributed by atoms with Crippen molar-refractivity contribution in [2.45, 2.75) is 45.1 Å². The van der Waals surface area contributed by atoms with Crippen LogP contribution in [0.4, 0.5) is 0 Å². The standard InChI is InChI=1S/C22H33N5O.HI/c1-16-8-4-6-10-19(16)26-22(25-15-21(28)27(2)3)23-13-12-17-14-24-20-11-7-5-9-18(17)20;/h5,7,9,11,14,16,19,24H,4,6,8,10,12-13,15H2,1-3H3,(H2,23,25,26);1H. The molecule has 0 aliphatic heterocycles. The van der Waals surface area contributed by atoms with Gasteiger partial charge in [0, 0.05) is 43.8 Å². The van der Waals surface area contributed by atoms with Crippen LogP contribution in [0.3, 0.4) is 0 Å². The van der Waals surface area contributed by atoms with E-state index in [-0.39, 0.29) is 36.4 Å². The number of aromatic nitrogens is 1. The lowest BCUT2D eigenvalue weighted by molar-refractivity contribution is -0.127. The molecule has 0 saturated heterocycles. The van der Waals surface area contributed by atoms with Crippen LogP contribution in [0.1, 0.15) is 38.2 Å². The number of guanidine groups is 1. The van der Waals surface area contributed by atoms with E-state index in [0.717, 1.165) is 30.9 Å². The molecule has 1 amide bonds. The minimum atomic E-state index is 0. The third kappa shape index (κ3) is 6.62. The summed E-state index contributed by atoms with van der Waals surface area (Å²) in [7, 11) is 3.53. The SMILES string of the molecule is CC1CCCCC1NC(=NCC(=O)N(C)C)NCCc1c[nH]c2ccccc12.I. The number of para-hydroxylation sites is 1. The number of carbonyl (C=O) groups is 1. The summed E-state index contributed by atoms with van der Waals surface area (Å²) in [6.07, 6.45) is 7.94. The normalized spacial score (nSPS) is 19.5. The first kappa shape index (κ1) is 23.5. The number of nitrogens with one attached hydrogen (secondary N) is 3. The van der Waals surface area contributed by atoms with Gasteiger partial charge in [0.05, 0.1) is 0 Å². The van der Waals surface area contributed by atoms with Crippen molar-refractivity contribution in [2.75, 3.05) is 27.2 Å². The molecule has 1 aliphatic rings. The second-order valence-electron chi connectivity index (χ2n) is 8.00. The van der Waals surface area contributed by atoms with E-state index in [1.54, 1.807) is 19.0 Å². The third-order valence-electron chi connectivity index (χ3n) is 5.67. The van der Waals surface area contributed by atoms with Crippen LogP contribution < -0.4 is 10.6 Å². The molecule has 1 heterocycles. The van der Waals surface area contributed by atoms with Gasteiger partial charge in [-0.15, -0.1) is 24.0 Å². The van der Waals surface area contributed by atoms with Gasteiger partial charge in [0.1, 0.15) is 6.54 Å². The predicted molar refractivity (Wildman–Crippen MR) is 131 cm³/mol. The third-order valence-corrected chi connectivity index (χ3v) is 5.67. The monoisotopic (exact) mass is 511 g/mol. The van der Waals surface area contributed by atoms with Gasteiger partial charge in [-0.05, 0) is 36.8 Å². The van der Waals surface area contributed by atoms with Gasteiger partial charge in [0.25, 0.3) is 0 Å². The number of hydrogen-bond acceptors (Lipinski definition) is 2. The first-order valence-corrected chi connectivity index (χ1v) is 10.3. The number of likely N-dealkylation sites (N-methyl/N-ethyl adjacent to an activating group) is 1. The first-order chi connectivity index (χ1) is 13.5. The van der Waals surface area contributed by atoms with E-state index >= 15 is 0 Å². The number of hydrogen-bond donors (Lipinski definition) is 3. The number of aliphatic imine (C=N–C) groups is 1. The average Bonchev–Trinajstić information content (AvgIpc) is 3.10. The molecule has 3 N–H and O–H groups in total. The van der Waals surface area contributed by atoms with Crippen LogP contribution in [-0.2, 0) is 11.2 Å². The predicted octanol–water partition coefficient (Wildman–Crippen LogP) is 3.53. The van der Waals surface area contributed by atoms with Crippen LogP contribution in [-0.4, -0.2) is 55.0 Å². The fourth-order valence-corrected chi connectivity index (χ4v) is 3.80. The second-order valence-corrected chi connectivity index (χ2v) is 8.00. The van der Waals surface area contributed by atoms with Crippen LogP contribution in [0.15, 0.2) is 35.5 Å². The zero-order valence-corrected chi connectivity index (χ0v) is 20.0.